The summed E-state index contributed by atoms with van der Waals surface area (Å²) in [7, 11) is 0. The van der Waals surface area contributed by atoms with Gasteiger partial charge in [-0.2, -0.15) is 0 Å². The lowest BCUT2D eigenvalue weighted by molar-refractivity contribution is 0.225. The Hall–Kier alpha value is -1.25. The summed E-state index contributed by atoms with van der Waals surface area (Å²) in [4.78, 5) is 4.33. The molecule has 0 radical (unpaired) electrons. The number of hydrogen-bond donors (Lipinski definition) is 0. The molecule has 0 unspecified atom stereocenters. The average Bonchev–Trinajstić information content (AvgIpc) is 3.00. The fourth-order valence-corrected chi connectivity index (χ4v) is 1.75. The highest BCUT2D eigenvalue weighted by atomic mass is 16.5. The van der Waals surface area contributed by atoms with E-state index in [1.54, 1.807) is 6.20 Å². The van der Waals surface area contributed by atoms with Crippen molar-refractivity contribution in [2.75, 3.05) is 0 Å². The first-order chi connectivity index (χ1) is 8.08. The third-order valence-corrected chi connectivity index (χ3v) is 2.66. The molecule has 1 aromatic rings. The second-order valence-corrected chi connectivity index (χ2v) is 5.17. The minimum atomic E-state index is 0.135. The van der Waals surface area contributed by atoms with Crippen molar-refractivity contribution in [2.45, 2.75) is 58.7 Å². The molecule has 1 heterocycles. The van der Waals surface area contributed by atoms with E-state index >= 15 is 0 Å². The van der Waals surface area contributed by atoms with Crippen molar-refractivity contribution in [3.63, 3.8) is 0 Å². The van der Waals surface area contributed by atoms with Crippen LogP contribution in [0.4, 0.5) is 0 Å². The van der Waals surface area contributed by atoms with E-state index in [2.05, 4.69) is 18.8 Å². The van der Waals surface area contributed by atoms with Crippen molar-refractivity contribution in [2.24, 2.45) is 0 Å². The van der Waals surface area contributed by atoms with Gasteiger partial charge in [0.05, 0.1) is 17.8 Å². The second kappa shape index (κ2) is 4.94. The third kappa shape index (κ3) is 3.11. The van der Waals surface area contributed by atoms with Gasteiger partial charge >= 0.3 is 0 Å². The fraction of sp³-hybridized carbons (Fsp3) is 0.643. The molecule has 3 nitrogen and oxygen atoms in total. The number of rotatable bonds is 5. The smallest absolute Gasteiger partial charge is 0.220 e. The van der Waals surface area contributed by atoms with E-state index in [4.69, 9.17) is 9.47 Å². The van der Waals surface area contributed by atoms with Crippen LogP contribution in [0.15, 0.2) is 12.3 Å². The summed E-state index contributed by atoms with van der Waals surface area (Å²) >= 11 is 0. The first kappa shape index (κ1) is 12.2. The van der Waals surface area contributed by atoms with Crippen molar-refractivity contribution in [1.29, 1.82) is 0 Å². The summed E-state index contributed by atoms with van der Waals surface area (Å²) in [6, 6.07) is 1.95. The largest absolute Gasteiger partial charge is 0.490 e. The van der Waals surface area contributed by atoms with Crippen molar-refractivity contribution in [3.8, 4) is 11.6 Å². The van der Waals surface area contributed by atoms with Crippen LogP contribution in [0.3, 0.4) is 0 Å². The van der Waals surface area contributed by atoms with E-state index in [1.807, 2.05) is 19.9 Å². The molecule has 0 saturated heterocycles. The normalized spacial score (nSPS) is 15.4. The predicted molar refractivity (Wildman–Crippen MR) is 67.7 cm³/mol. The highest BCUT2D eigenvalue weighted by Gasteiger charge is 2.26. The molecule has 0 spiro atoms. The van der Waals surface area contributed by atoms with Gasteiger partial charge in [0.2, 0.25) is 5.88 Å². The van der Waals surface area contributed by atoms with Crippen LogP contribution in [-0.2, 0) is 0 Å². The molecular weight excluding hydrogens is 214 g/mol. The molecule has 3 heteroatoms. The van der Waals surface area contributed by atoms with Crippen molar-refractivity contribution in [1.82, 2.24) is 4.98 Å². The van der Waals surface area contributed by atoms with Crippen molar-refractivity contribution >= 4 is 0 Å². The van der Waals surface area contributed by atoms with Gasteiger partial charge in [-0.3, -0.25) is 0 Å². The van der Waals surface area contributed by atoms with Gasteiger partial charge in [-0.25, -0.2) is 4.98 Å². The molecule has 0 N–H and O–H groups in total. The van der Waals surface area contributed by atoms with Crippen LogP contribution in [-0.4, -0.2) is 17.2 Å². The number of pyridine rings is 1. The molecular formula is C14H21NO2. The van der Waals surface area contributed by atoms with E-state index in [0.717, 1.165) is 11.3 Å². The molecule has 0 atom stereocenters. The molecule has 0 aliphatic heterocycles. The zero-order valence-electron chi connectivity index (χ0n) is 11.1. The lowest BCUT2D eigenvalue weighted by Gasteiger charge is -2.18. The maximum Gasteiger partial charge on any atom is 0.220 e. The molecule has 2 rings (SSSR count). The highest BCUT2D eigenvalue weighted by molar-refractivity contribution is 5.42. The Balaban J connectivity index is 2.29. The molecule has 0 amide bonds. The minimum absolute atomic E-state index is 0.135. The molecule has 0 aromatic carbocycles. The van der Waals surface area contributed by atoms with Gasteiger partial charge in [0.1, 0.15) is 5.75 Å². The van der Waals surface area contributed by atoms with Crippen LogP contribution >= 0.6 is 0 Å². The van der Waals surface area contributed by atoms with E-state index in [9.17, 15) is 0 Å². The lowest BCUT2D eigenvalue weighted by Crippen LogP contribution is -2.11. The Morgan fingerprint density at radius 3 is 2.47 bits per heavy atom. The van der Waals surface area contributed by atoms with Gasteiger partial charge in [0.25, 0.3) is 0 Å². The monoisotopic (exact) mass is 235 g/mol. The maximum absolute atomic E-state index is 5.92. The van der Waals surface area contributed by atoms with Gasteiger partial charge < -0.3 is 9.47 Å². The molecule has 1 aliphatic rings. The lowest BCUT2D eigenvalue weighted by atomic mass is 10.0. The second-order valence-electron chi connectivity index (χ2n) is 5.17. The van der Waals surface area contributed by atoms with Crippen molar-refractivity contribution < 1.29 is 9.47 Å². The number of aromatic nitrogens is 1. The summed E-state index contributed by atoms with van der Waals surface area (Å²) in [6.45, 7) is 8.31. The Bertz CT molecular complexity index is 362. The fourth-order valence-electron chi connectivity index (χ4n) is 1.75. The summed E-state index contributed by atoms with van der Waals surface area (Å²) in [5.41, 5.74) is 1.09. The van der Waals surface area contributed by atoms with E-state index in [0.29, 0.717) is 17.9 Å². The van der Waals surface area contributed by atoms with Gasteiger partial charge in [0, 0.05) is 6.20 Å². The van der Waals surface area contributed by atoms with Crippen LogP contribution in [0.1, 0.15) is 52.0 Å². The van der Waals surface area contributed by atoms with E-state index < -0.39 is 0 Å². The van der Waals surface area contributed by atoms with Crippen molar-refractivity contribution in [3.05, 3.63) is 17.8 Å². The van der Waals surface area contributed by atoms with Crippen LogP contribution in [0.2, 0.25) is 0 Å². The van der Waals surface area contributed by atoms with Gasteiger partial charge in [-0.05, 0) is 38.7 Å². The van der Waals surface area contributed by atoms with E-state index in [1.165, 1.54) is 12.8 Å². The molecule has 1 aliphatic carbocycles. The minimum Gasteiger partial charge on any atom is -0.490 e. The van der Waals surface area contributed by atoms with E-state index in [-0.39, 0.29) is 6.10 Å². The predicted octanol–water partition coefficient (Wildman–Crippen LogP) is 3.53. The topological polar surface area (TPSA) is 31.4 Å². The number of nitrogens with zero attached hydrogens (tertiary/aromatic N) is 1. The standard InChI is InChI=1S/C14H21NO2/c1-9(2)13-12(17-11-5-6-11)7-8-15-14(13)16-10(3)4/h7-11H,5-6H2,1-4H3. The molecule has 1 saturated carbocycles. The van der Waals surface area contributed by atoms with Gasteiger partial charge in [-0.15, -0.1) is 0 Å². The highest BCUT2D eigenvalue weighted by Crippen LogP contribution is 2.37. The van der Waals surface area contributed by atoms with Crippen LogP contribution in [0.25, 0.3) is 0 Å². The van der Waals surface area contributed by atoms with Gasteiger partial charge in [0.15, 0.2) is 0 Å². The first-order valence-electron chi connectivity index (χ1n) is 6.40. The SMILES string of the molecule is CC(C)Oc1nccc(OC2CC2)c1C(C)C. The first-order valence-corrected chi connectivity index (χ1v) is 6.40. The zero-order chi connectivity index (χ0) is 12.4. The molecule has 0 bridgehead atoms. The Labute approximate surface area is 103 Å². The Morgan fingerprint density at radius 2 is 1.94 bits per heavy atom. The van der Waals surface area contributed by atoms with Crippen LogP contribution in [0, 0.1) is 0 Å². The summed E-state index contributed by atoms with van der Waals surface area (Å²) < 4.78 is 11.7. The quantitative estimate of drug-likeness (QED) is 0.782. The molecule has 17 heavy (non-hydrogen) atoms. The molecule has 1 aromatic heterocycles. The molecule has 94 valence electrons. The summed E-state index contributed by atoms with van der Waals surface area (Å²) in [6.07, 6.45) is 4.64. The Morgan fingerprint density at radius 1 is 1.24 bits per heavy atom. The zero-order valence-corrected chi connectivity index (χ0v) is 11.1. The summed E-state index contributed by atoms with van der Waals surface area (Å²) in [5.74, 6) is 2.01. The summed E-state index contributed by atoms with van der Waals surface area (Å²) in [5, 5.41) is 0. The number of ether oxygens (including phenoxy) is 2. The average molecular weight is 235 g/mol. The Kier molecular flexibility index (Phi) is 3.55. The maximum atomic E-state index is 5.92. The van der Waals surface area contributed by atoms with Gasteiger partial charge in [-0.1, -0.05) is 13.8 Å². The third-order valence-electron chi connectivity index (χ3n) is 2.66. The van der Waals surface area contributed by atoms with Crippen LogP contribution in [0.5, 0.6) is 11.6 Å². The number of hydrogen-bond acceptors (Lipinski definition) is 3. The van der Waals surface area contributed by atoms with Crippen LogP contribution < -0.4 is 9.47 Å². The molecule has 1 fully saturated rings.